The number of likely N-dealkylation sites (tertiary alicyclic amines) is 1. The number of piperidine rings is 1. The zero-order valence-electron chi connectivity index (χ0n) is 10.9. The van der Waals surface area contributed by atoms with Crippen LogP contribution in [0.4, 0.5) is 5.69 Å². The number of rotatable bonds is 1. The molecule has 1 aliphatic rings. The number of nitrogen functional groups attached to an aromatic ring is 1. The van der Waals surface area contributed by atoms with E-state index in [1.807, 2.05) is 4.90 Å². The van der Waals surface area contributed by atoms with Crippen LogP contribution in [0.5, 0.6) is 0 Å². The molecule has 1 saturated heterocycles. The maximum atomic E-state index is 12.4. The number of anilines is 1. The van der Waals surface area contributed by atoms with Gasteiger partial charge in [0, 0.05) is 28.8 Å². The Bertz CT molecular complexity index is 471. The third kappa shape index (κ3) is 2.86. The third-order valence-corrected chi connectivity index (χ3v) is 4.12. The minimum atomic E-state index is 0.100. The lowest BCUT2D eigenvalue weighted by atomic mass is 9.84. The fourth-order valence-electron chi connectivity index (χ4n) is 2.44. The molecule has 0 unspecified atom stereocenters. The van der Waals surface area contributed by atoms with E-state index in [1.165, 1.54) is 6.42 Å². The van der Waals surface area contributed by atoms with Crippen LogP contribution in [-0.2, 0) is 0 Å². The van der Waals surface area contributed by atoms with Crippen LogP contribution in [0.2, 0.25) is 0 Å². The Hall–Kier alpha value is -1.03. The molecule has 0 aromatic heterocycles. The molecule has 1 aromatic rings. The van der Waals surface area contributed by atoms with Gasteiger partial charge >= 0.3 is 0 Å². The molecule has 0 saturated carbocycles. The number of carbonyl (C=O) groups excluding carboxylic acids is 1. The number of benzene rings is 1. The number of halogens is 1. The van der Waals surface area contributed by atoms with Crippen molar-refractivity contribution in [2.24, 2.45) is 5.41 Å². The van der Waals surface area contributed by atoms with Crippen molar-refractivity contribution in [1.29, 1.82) is 0 Å². The van der Waals surface area contributed by atoms with Gasteiger partial charge in [-0.1, -0.05) is 13.8 Å². The molecule has 3 nitrogen and oxygen atoms in total. The van der Waals surface area contributed by atoms with Crippen LogP contribution in [0.15, 0.2) is 22.7 Å². The van der Waals surface area contributed by atoms with Crippen molar-refractivity contribution in [3.8, 4) is 0 Å². The number of carbonyl (C=O) groups is 1. The topological polar surface area (TPSA) is 46.3 Å². The highest BCUT2D eigenvalue weighted by Gasteiger charge is 2.29. The van der Waals surface area contributed by atoms with E-state index in [0.717, 1.165) is 24.0 Å². The Morgan fingerprint density at radius 1 is 1.44 bits per heavy atom. The average Bonchev–Trinajstić information content (AvgIpc) is 2.30. The summed E-state index contributed by atoms with van der Waals surface area (Å²) in [6.07, 6.45) is 2.26. The van der Waals surface area contributed by atoms with E-state index in [0.29, 0.717) is 11.3 Å². The molecule has 0 bridgehead atoms. The van der Waals surface area contributed by atoms with Gasteiger partial charge in [-0.25, -0.2) is 0 Å². The molecule has 0 aliphatic carbocycles. The Balaban J connectivity index is 2.18. The Morgan fingerprint density at radius 3 is 2.78 bits per heavy atom. The summed E-state index contributed by atoms with van der Waals surface area (Å²) in [5.41, 5.74) is 7.32. The highest BCUT2D eigenvalue weighted by Crippen LogP contribution is 2.30. The van der Waals surface area contributed by atoms with Gasteiger partial charge in [0.15, 0.2) is 0 Å². The van der Waals surface area contributed by atoms with Crippen LogP contribution in [0.3, 0.4) is 0 Å². The van der Waals surface area contributed by atoms with Gasteiger partial charge in [0.1, 0.15) is 0 Å². The Morgan fingerprint density at radius 2 is 2.17 bits per heavy atom. The average molecular weight is 311 g/mol. The molecule has 0 atom stereocenters. The maximum Gasteiger partial charge on any atom is 0.253 e. The standard InChI is InChI=1S/C14H19BrN2O/c1-14(2)6-3-7-17(9-14)13(18)10-4-5-12(16)11(15)8-10/h4-5,8H,3,6-7,9,16H2,1-2H3. The van der Waals surface area contributed by atoms with Gasteiger partial charge in [-0.05, 0) is 52.4 Å². The maximum absolute atomic E-state index is 12.4. The van der Waals surface area contributed by atoms with Gasteiger partial charge in [-0.2, -0.15) is 0 Å². The van der Waals surface area contributed by atoms with Crippen LogP contribution in [0.1, 0.15) is 37.0 Å². The number of hydrogen-bond acceptors (Lipinski definition) is 2. The number of nitrogens with zero attached hydrogens (tertiary/aromatic N) is 1. The van der Waals surface area contributed by atoms with Crippen molar-refractivity contribution in [2.45, 2.75) is 26.7 Å². The lowest BCUT2D eigenvalue weighted by molar-refractivity contribution is 0.0583. The summed E-state index contributed by atoms with van der Waals surface area (Å²) in [6, 6.07) is 5.37. The Labute approximate surface area is 116 Å². The molecule has 1 fully saturated rings. The summed E-state index contributed by atoms with van der Waals surface area (Å²) in [5, 5.41) is 0. The molecule has 0 radical (unpaired) electrons. The highest BCUT2D eigenvalue weighted by molar-refractivity contribution is 9.10. The molecule has 1 aliphatic heterocycles. The molecule has 0 spiro atoms. The SMILES string of the molecule is CC1(C)CCCN(C(=O)c2ccc(N)c(Br)c2)C1. The first-order valence-corrected chi connectivity index (χ1v) is 7.03. The zero-order valence-corrected chi connectivity index (χ0v) is 12.5. The van der Waals surface area contributed by atoms with E-state index in [1.54, 1.807) is 18.2 Å². The second kappa shape index (κ2) is 4.92. The first kappa shape index (κ1) is 13.4. The third-order valence-electron chi connectivity index (χ3n) is 3.44. The molecule has 1 amide bonds. The summed E-state index contributed by atoms with van der Waals surface area (Å²) >= 11 is 3.37. The fraction of sp³-hybridized carbons (Fsp3) is 0.500. The van der Waals surface area contributed by atoms with E-state index >= 15 is 0 Å². The van der Waals surface area contributed by atoms with Gasteiger partial charge in [0.05, 0.1) is 0 Å². The van der Waals surface area contributed by atoms with Gasteiger partial charge in [-0.15, -0.1) is 0 Å². The van der Waals surface area contributed by atoms with Gasteiger partial charge in [-0.3, -0.25) is 4.79 Å². The Kier molecular flexibility index (Phi) is 3.66. The lowest BCUT2D eigenvalue weighted by Gasteiger charge is -2.38. The minimum absolute atomic E-state index is 0.100. The fourth-order valence-corrected chi connectivity index (χ4v) is 2.82. The van der Waals surface area contributed by atoms with Crippen LogP contribution in [0.25, 0.3) is 0 Å². The first-order valence-electron chi connectivity index (χ1n) is 6.23. The number of hydrogen-bond donors (Lipinski definition) is 1. The van der Waals surface area contributed by atoms with E-state index in [-0.39, 0.29) is 11.3 Å². The van der Waals surface area contributed by atoms with Crippen LogP contribution >= 0.6 is 15.9 Å². The smallest absolute Gasteiger partial charge is 0.253 e. The van der Waals surface area contributed by atoms with E-state index in [4.69, 9.17) is 5.73 Å². The molecule has 2 N–H and O–H groups in total. The second-order valence-electron chi connectivity index (χ2n) is 5.73. The van der Waals surface area contributed by atoms with E-state index in [9.17, 15) is 4.79 Å². The summed E-state index contributed by atoms with van der Waals surface area (Å²) < 4.78 is 0.782. The van der Waals surface area contributed by atoms with Crippen molar-refractivity contribution >= 4 is 27.5 Å². The summed E-state index contributed by atoms with van der Waals surface area (Å²) in [6.45, 7) is 6.11. The second-order valence-corrected chi connectivity index (χ2v) is 6.59. The lowest BCUT2D eigenvalue weighted by Crippen LogP contribution is -2.43. The van der Waals surface area contributed by atoms with Crippen molar-refractivity contribution in [2.75, 3.05) is 18.8 Å². The molecule has 1 aromatic carbocycles. The molecular weight excluding hydrogens is 292 g/mol. The molecule has 1 heterocycles. The van der Waals surface area contributed by atoms with Crippen molar-refractivity contribution in [3.05, 3.63) is 28.2 Å². The number of amides is 1. The quantitative estimate of drug-likeness (QED) is 0.809. The van der Waals surface area contributed by atoms with Gasteiger partial charge in [0.25, 0.3) is 5.91 Å². The predicted molar refractivity (Wildman–Crippen MR) is 77.5 cm³/mol. The van der Waals surface area contributed by atoms with Crippen LogP contribution < -0.4 is 5.73 Å². The summed E-state index contributed by atoms with van der Waals surface area (Å²) in [7, 11) is 0. The molecule has 18 heavy (non-hydrogen) atoms. The highest BCUT2D eigenvalue weighted by atomic mass is 79.9. The minimum Gasteiger partial charge on any atom is -0.398 e. The van der Waals surface area contributed by atoms with Gasteiger partial charge in [0.2, 0.25) is 0 Å². The molecule has 4 heteroatoms. The summed E-state index contributed by atoms with van der Waals surface area (Å²) in [5.74, 6) is 0.100. The molecule has 98 valence electrons. The molecular formula is C14H19BrN2O. The predicted octanol–water partition coefficient (Wildman–Crippen LogP) is 3.29. The van der Waals surface area contributed by atoms with Crippen molar-refractivity contribution < 1.29 is 4.79 Å². The summed E-state index contributed by atoms with van der Waals surface area (Å²) in [4.78, 5) is 14.4. The van der Waals surface area contributed by atoms with E-state index < -0.39 is 0 Å². The molecule has 2 rings (SSSR count). The van der Waals surface area contributed by atoms with Crippen LogP contribution in [-0.4, -0.2) is 23.9 Å². The van der Waals surface area contributed by atoms with Crippen molar-refractivity contribution in [1.82, 2.24) is 4.90 Å². The number of nitrogens with two attached hydrogens (primary N) is 1. The zero-order chi connectivity index (χ0) is 13.3. The monoisotopic (exact) mass is 310 g/mol. The van der Waals surface area contributed by atoms with Crippen molar-refractivity contribution in [3.63, 3.8) is 0 Å². The largest absolute Gasteiger partial charge is 0.398 e. The van der Waals surface area contributed by atoms with Crippen LogP contribution in [0, 0.1) is 5.41 Å². The van der Waals surface area contributed by atoms with Gasteiger partial charge < -0.3 is 10.6 Å². The normalized spacial score (nSPS) is 18.7. The first-order chi connectivity index (χ1) is 8.39. The van der Waals surface area contributed by atoms with E-state index in [2.05, 4.69) is 29.8 Å².